The molecular formula is C15H14FNO2S. The fourth-order valence-electron chi connectivity index (χ4n) is 2.71. The lowest BCUT2D eigenvalue weighted by Crippen LogP contribution is -2.33. The molecule has 3 rings (SSSR count). The number of carbonyl (C=O) groups is 1. The molecule has 1 aliphatic heterocycles. The van der Waals surface area contributed by atoms with Crippen molar-refractivity contribution in [2.24, 2.45) is 0 Å². The number of nitrogens with zero attached hydrogens (tertiary/aromatic N) is 1. The standard InChI is InChI=1S/C15H14FNO2S/c1-9-11-5-7-20-14(11)4-6-17(9)13-3-2-10(15(18)19)8-12(13)16/h2-3,5,7-9H,4,6H2,1H3,(H,18,19). The van der Waals surface area contributed by atoms with Crippen LogP contribution in [0.4, 0.5) is 10.1 Å². The van der Waals surface area contributed by atoms with Crippen LogP contribution in [0.5, 0.6) is 0 Å². The molecule has 0 radical (unpaired) electrons. The fraction of sp³-hybridized carbons (Fsp3) is 0.267. The van der Waals surface area contributed by atoms with Crippen molar-refractivity contribution in [2.75, 3.05) is 11.4 Å². The third-order valence-electron chi connectivity index (χ3n) is 3.78. The number of halogens is 1. The van der Waals surface area contributed by atoms with Crippen LogP contribution >= 0.6 is 11.3 Å². The number of carboxylic acid groups (broad SMARTS) is 1. The van der Waals surface area contributed by atoms with Gasteiger partial charge < -0.3 is 10.0 Å². The van der Waals surface area contributed by atoms with Crippen LogP contribution in [0, 0.1) is 5.82 Å². The first-order valence-electron chi connectivity index (χ1n) is 6.43. The van der Waals surface area contributed by atoms with Gasteiger partial charge in [0.2, 0.25) is 0 Å². The van der Waals surface area contributed by atoms with Crippen molar-refractivity contribution in [2.45, 2.75) is 19.4 Å². The van der Waals surface area contributed by atoms with Gasteiger partial charge in [-0.15, -0.1) is 11.3 Å². The number of rotatable bonds is 2. The number of fused-ring (bicyclic) bond motifs is 1. The number of hydrogen-bond donors (Lipinski definition) is 1. The number of benzene rings is 1. The van der Waals surface area contributed by atoms with Crippen molar-refractivity contribution < 1.29 is 14.3 Å². The van der Waals surface area contributed by atoms with Crippen molar-refractivity contribution >= 4 is 23.0 Å². The Hall–Kier alpha value is -1.88. The van der Waals surface area contributed by atoms with Crippen molar-refractivity contribution in [1.82, 2.24) is 0 Å². The van der Waals surface area contributed by atoms with Gasteiger partial charge in [0.05, 0.1) is 17.3 Å². The van der Waals surface area contributed by atoms with Gasteiger partial charge in [-0.25, -0.2) is 9.18 Å². The van der Waals surface area contributed by atoms with E-state index in [1.165, 1.54) is 16.5 Å². The fourth-order valence-corrected chi connectivity index (χ4v) is 3.67. The zero-order chi connectivity index (χ0) is 14.3. The summed E-state index contributed by atoms with van der Waals surface area (Å²) in [5, 5.41) is 11.0. The average Bonchev–Trinajstić information content (AvgIpc) is 2.89. The van der Waals surface area contributed by atoms with Gasteiger partial charge in [-0.2, -0.15) is 0 Å². The molecule has 5 heteroatoms. The van der Waals surface area contributed by atoms with Gasteiger partial charge in [-0.3, -0.25) is 0 Å². The van der Waals surface area contributed by atoms with E-state index in [0.29, 0.717) is 5.69 Å². The molecule has 20 heavy (non-hydrogen) atoms. The molecule has 3 nitrogen and oxygen atoms in total. The highest BCUT2D eigenvalue weighted by atomic mass is 32.1. The quantitative estimate of drug-likeness (QED) is 0.917. The van der Waals surface area contributed by atoms with Gasteiger partial charge in [-0.05, 0) is 48.6 Å². The highest BCUT2D eigenvalue weighted by Gasteiger charge is 2.26. The molecule has 1 N–H and O–H groups in total. The molecule has 1 aromatic heterocycles. The number of hydrogen-bond acceptors (Lipinski definition) is 3. The van der Waals surface area contributed by atoms with Crippen LogP contribution in [-0.2, 0) is 6.42 Å². The lowest BCUT2D eigenvalue weighted by molar-refractivity contribution is 0.0696. The maximum absolute atomic E-state index is 14.2. The molecule has 0 saturated heterocycles. The number of anilines is 1. The summed E-state index contributed by atoms with van der Waals surface area (Å²) < 4.78 is 14.2. The minimum atomic E-state index is -1.11. The SMILES string of the molecule is CC1c2ccsc2CCN1c1ccc(C(=O)O)cc1F. The zero-order valence-electron chi connectivity index (χ0n) is 11.0. The highest BCUT2D eigenvalue weighted by Crippen LogP contribution is 2.37. The summed E-state index contributed by atoms with van der Waals surface area (Å²) in [6.45, 7) is 2.80. The van der Waals surface area contributed by atoms with E-state index < -0.39 is 11.8 Å². The van der Waals surface area contributed by atoms with E-state index >= 15 is 0 Å². The van der Waals surface area contributed by atoms with E-state index in [9.17, 15) is 9.18 Å². The first-order valence-corrected chi connectivity index (χ1v) is 7.31. The van der Waals surface area contributed by atoms with E-state index in [1.54, 1.807) is 17.4 Å². The third-order valence-corrected chi connectivity index (χ3v) is 4.78. The number of aromatic carboxylic acids is 1. The lowest BCUT2D eigenvalue weighted by atomic mass is 10.0. The number of thiophene rings is 1. The molecular weight excluding hydrogens is 277 g/mol. The van der Waals surface area contributed by atoms with E-state index in [-0.39, 0.29) is 11.6 Å². The molecule has 1 atom stereocenters. The second-order valence-electron chi connectivity index (χ2n) is 4.89. The minimum Gasteiger partial charge on any atom is -0.478 e. The molecule has 0 fully saturated rings. The maximum Gasteiger partial charge on any atom is 0.335 e. The predicted molar refractivity (Wildman–Crippen MR) is 77.1 cm³/mol. The first-order chi connectivity index (χ1) is 9.58. The summed E-state index contributed by atoms with van der Waals surface area (Å²) in [5.41, 5.74) is 1.69. The highest BCUT2D eigenvalue weighted by molar-refractivity contribution is 7.10. The molecule has 2 aromatic rings. The van der Waals surface area contributed by atoms with Gasteiger partial charge in [0.25, 0.3) is 0 Å². The second kappa shape index (κ2) is 4.90. The van der Waals surface area contributed by atoms with Crippen molar-refractivity contribution in [3.8, 4) is 0 Å². The molecule has 0 saturated carbocycles. The normalized spacial score (nSPS) is 17.9. The lowest BCUT2D eigenvalue weighted by Gasteiger charge is -2.35. The molecule has 0 spiro atoms. The summed E-state index contributed by atoms with van der Waals surface area (Å²) in [7, 11) is 0. The van der Waals surface area contributed by atoms with Crippen LogP contribution in [-0.4, -0.2) is 17.6 Å². The summed E-state index contributed by atoms with van der Waals surface area (Å²) in [6.07, 6.45) is 0.900. The van der Waals surface area contributed by atoms with Crippen LogP contribution in [0.25, 0.3) is 0 Å². The van der Waals surface area contributed by atoms with Crippen LogP contribution in [0.3, 0.4) is 0 Å². The van der Waals surface area contributed by atoms with Gasteiger partial charge >= 0.3 is 5.97 Å². The van der Waals surface area contributed by atoms with Crippen LogP contribution in [0.2, 0.25) is 0 Å². The molecule has 2 heterocycles. The Labute approximate surface area is 120 Å². The Balaban J connectivity index is 1.96. The van der Waals surface area contributed by atoms with E-state index in [0.717, 1.165) is 19.0 Å². The topological polar surface area (TPSA) is 40.5 Å². The molecule has 0 aliphatic carbocycles. The van der Waals surface area contributed by atoms with Crippen molar-refractivity contribution in [1.29, 1.82) is 0 Å². The van der Waals surface area contributed by atoms with Crippen LogP contribution in [0.1, 0.15) is 33.8 Å². The maximum atomic E-state index is 14.2. The van der Waals surface area contributed by atoms with Crippen LogP contribution in [0.15, 0.2) is 29.6 Å². The smallest absolute Gasteiger partial charge is 0.335 e. The van der Waals surface area contributed by atoms with Gasteiger partial charge in [-0.1, -0.05) is 0 Å². The summed E-state index contributed by atoms with van der Waals surface area (Å²) >= 11 is 1.74. The van der Waals surface area contributed by atoms with Crippen LogP contribution < -0.4 is 4.90 Å². The Bertz CT molecular complexity index is 668. The van der Waals surface area contributed by atoms with Gasteiger partial charge in [0, 0.05) is 11.4 Å². The summed E-state index contributed by atoms with van der Waals surface area (Å²) in [5.74, 6) is -1.59. The molecule has 1 unspecified atom stereocenters. The van der Waals surface area contributed by atoms with Crippen molar-refractivity contribution in [3.63, 3.8) is 0 Å². The van der Waals surface area contributed by atoms with Crippen molar-refractivity contribution in [3.05, 3.63) is 51.5 Å². The largest absolute Gasteiger partial charge is 0.478 e. The monoisotopic (exact) mass is 291 g/mol. The molecule has 0 bridgehead atoms. The third kappa shape index (κ3) is 2.08. The van der Waals surface area contributed by atoms with Gasteiger partial charge in [0.1, 0.15) is 5.82 Å². The Morgan fingerprint density at radius 2 is 2.25 bits per heavy atom. The summed E-state index contributed by atoms with van der Waals surface area (Å²) in [4.78, 5) is 14.2. The molecule has 0 amide bonds. The number of carboxylic acids is 1. The Morgan fingerprint density at radius 3 is 2.95 bits per heavy atom. The van der Waals surface area contributed by atoms with E-state index in [4.69, 9.17) is 5.11 Å². The Kier molecular flexibility index (Phi) is 3.22. The minimum absolute atomic E-state index is 0.0212. The molecule has 104 valence electrons. The zero-order valence-corrected chi connectivity index (χ0v) is 11.8. The second-order valence-corrected chi connectivity index (χ2v) is 5.89. The average molecular weight is 291 g/mol. The molecule has 1 aromatic carbocycles. The van der Waals surface area contributed by atoms with E-state index in [2.05, 4.69) is 18.4 Å². The summed E-state index contributed by atoms with van der Waals surface area (Å²) in [6, 6.07) is 6.30. The Morgan fingerprint density at radius 1 is 1.45 bits per heavy atom. The molecule has 1 aliphatic rings. The van der Waals surface area contributed by atoms with E-state index in [1.807, 2.05) is 4.90 Å². The predicted octanol–water partition coefficient (Wildman–Crippen LogP) is 3.71. The van der Waals surface area contributed by atoms with Gasteiger partial charge in [0.15, 0.2) is 0 Å². The first kappa shape index (κ1) is 13.1.